The summed E-state index contributed by atoms with van der Waals surface area (Å²) >= 11 is 4.47. The molecule has 1 saturated heterocycles. The molecule has 1 fully saturated rings. The van der Waals surface area contributed by atoms with Gasteiger partial charge in [0.1, 0.15) is 4.21 Å². The number of thiophene rings is 1. The second-order valence-corrected chi connectivity index (χ2v) is 8.31. The Morgan fingerprint density at radius 1 is 1.40 bits per heavy atom. The van der Waals surface area contributed by atoms with E-state index in [1.807, 2.05) is 4.90 Å². The van der Waals surface area contributed by atoms with Gasteiger partial charge in [-0.05, 0) is 27.4 Å². The fourth-order valence-corrected chi connectivity index (χ4v) is 5.86. The number of amides is 1. The minimum Gasteiger partial charge on any atom is -0.358 e. The van der Waals surface area contributed by atoms with Gasteiger partial charge in [0.2, 0.25) is 5.91 Å². The lowest BCUT2D eigenvalue weighted by Gasteiger charge is -2.33. The van der Waals surface area contributed by atoms with Crippen LogP contribution in [0.15, 0.2) is 20.1 Å². The summed E-state index contributed by atoms with van der Waals surface area (Å²) in [5.74, 6) is -0.0534. The SMILES string of the molecule is CNC(=O)CN1CCN(S(=O)(=O)c2sccc2Br)CC1. The quantitative estimate of drug-likeness (QED) is 0.827. The zero-order chi connectivity index (χ0) is 14.8. The van der Waals surface area contributed by atoms with Crippen LogP contribution in [0.25, 0.3) is 0 Å². The predicted molar refractivity (Wildman–Crippen MR) is 81.3 cm³/mol. The van der Waals surface area contributed by atoms with Gasteiger partial charge in [0.05, 0.1) is 6.54 Å². The van der Waals surface area contributed by atoms with Crippen molar-refractivity contribution in [2.75, 3.05) is 39.8 Å². The Bertz CT molecular complexity index is 579. The van der Waals surface area contributed by atoms with E-state index >= 15 is 0 Å². The molecule has 2 heterocycles. The third-order valence-electron chi connectivity index (χ3n) is 3.14. The van der Waals surface area contributed by atoms with E-state index in [-0.39, 0.29) is 5.91 Å². The van der Waals surface area contributed by atoms with Crippen LogP contribution < -0.4 is 5.32 Å². The molecule has 9 heteroatoms. The summed E-state index contributed by atoms with van der Waals surface area (Å²) in [5.41, 5.74) is 0. The molecule has 0 unspecified atom stereocenters. The number of nitrogens with zero attached hydrogens (tertiary/aromatic N) is 2. The lowest BCUT2D eigenvalue weighted by Crippen LogP contribution is -2.50. The van der Waals surface area contributed by atoms with Gasteiger partial charge in [-0.15, -0.1) is 11.3 Å². The number of hydrogen-bond donors (Lipinski definition) is 1. The average molecular weight is 382 g/mol. The first-order valence-electron chi connectivity index (χ1n) is 6.11. The van der Waals surface area contributed by atoms with Crippen LogP contribution in [0.1, 0.15) is 0 Å². The van der Waals surface area contributed by atoms with Crippen molar-refractivity contribution in [3.05, 3.63) is 15.9 Å². The molecule has 0 saturated carbocycles. The van der Waals surface area contributed by atoms with Crippen LogP contribution in [-0.4, -0.2) is 63.3 Å². The first kappa shape index (κ1) is 15.9. The van der Waals surface area contributed by atoms with E-state index in [0.717, 1.165) is 0 Å². The second-order valence-electron chi connectivity index (χ2n) is 4.41. The van der Waals surface area contributed by atoms with Crippen molar-refractivity contribution in [3.8, 4) is 0 Å². The average Bonchev–Trinajstić information content (AvgIpc) is 2.86. The number of nitrogens with one attached hydrogen (secondary N) is 1. The summed E-state index contributed by atoms with van der Waals surface area (Å²) in [6.07, 6.45) is 0. The van der Waals surface area contributed by atoms with Crippen LogP contribution in [0.5, 0.6) is 0 Å². The highest BCUT2D eigenvalue weighted by Gasteiger charge is 2.31. The molecule has 1 aromatic heterocycles. The lowest BCUT2D eigenvalue weighted by molar-refractivity contribution is -0.122. The van der Waals surface area contributed by atoms with Crippen molar-refractivity contribution in [2.45, 2.75) is 4.21 Å². The fraction of sp³-hybridized carbons (Fsp3) is 0.545. The fourth-order valence-electron chi connectivity index (χ4n) is 1.99. The molecule has 112 valence electrons. The highest BCUT2D eigenvalue weighted by atomic mass is 79.9. The summed E-state index contributed by atoms with van der Waals surface area (Å²) in [4.78, 5) is 13.3. The summed E-state index contributed by atoms with van der Waals surface area (Å²) in [6.45, 7) is 2.26. The molecule has 1 amide bonds. The van der Waals surface area contributed by atoms with E-state index in [1.54, 1.807) is 18.5 Å². The molecule has 0 aliphatic carbocycles. The van der Waals surface area contributed by atoms with Gasteiger partial charge in [-0.25, -0.2) is 8.42 Å². The predicted octanol–water partition coefficient (Wildman–Crippen LogP) is 0.563. The Morgan fingerprint density at radius 2 is 2.05 bits per heavy atom. The second kappa shape index (κ2) is 6.52. The van der Waals surface area contributed by atoms with Crippen LogP contribution in [0.4, 0.5) is 0 Å². The van der Waals surface area contributed by atoms with Gasteiger partial charge in [-0.3, -0.25) is 9.69 Å². The maximum absolute atomic E-state index is 12.5. The van der Waals surface area contributed by atoms with Crippen LogP contribution in [-0.2, 0) is 14.8 Å². The zero-order valence-electron chi connectivity index (χ0n) is 11.0. The summed E-state index contributed by atoms with van der Waals surface area (Å²) in [7, 11) is -1.83. The topological polar surface area (TPSA) is 69.7 Å². The summed E-state index contributed by atoms with van der Waals surface area (Å²) in [6, 6.07) is 1.74. The van der Waals surface area contributed by atoms with Gasteiger partial charge < -0.3 is 5.32 Å². The number of likely N-dealkylation sites (N-methyl/N-ethyl adjacent to an activating group) is 1. The zero-order valence-corrected chi connectivity index (χ0v) is 14.2. The monoisotopic (exact) mass is 381 g/mol. The molecule has 0 atom stereocenters. The Morgan fingerprint density at radius 3 is 2.55 bits per heavy atom. The first-order valence-corrected chi connectivity index (χ1v) is 9.22. The molecular formula is C11H16BrN3O3S2. The van der Waals surface area contributed by atoms with Crippen LogP contribution in [0.2, 0.25) is 0 Å². The smallest absolute Gasteiger partial charge is 0.253 e. The van der Waals surface area contributed by atoms with E-state index in [9.17, 15) is 13.2 Å². The van der Waals surface area contributed by atoms with Crippen molar-refractivity contribution in [2.24, 2.45) is 0 Å². The minimum atomic E-state index is -3.43. The number of sulfonamides is 1. The number of halogens is 1. The number of hydrogen-bond acceptors (Lipinski definition) is 5. The molecule has 6 nitrogen and oxygen atoms in total. The van der Waals surface area contributed by atoms with Crippen molar-refractivity contribution < 1.29 is 13.2 Å². The maximum Gasteiger partial charge on any atom is 0.253 e. The molecule has 20 heavy (non-hydrogen) atoms. The molecule has 0 radical (unpaired) electrons. The Balaban J connectivity index is 2.00. The van der Waals surface area contributed by atoms with Crippen molar-refractivity contribution in [3.63, 3.8) is 0 Å². The number of carbonyl (C=O) groups is 1. The standard InChI is InChI=1S/C11H16BrN3O3S2/c1-13-10(16)8-14-3-5-15(6-4-14)20(17,18)11-9(12)2-7-19-11/h2,7H,3-6,8H2,1H3,(H,13,16). The maximum atomic E-state index is 12.5. The molecule has 0 aromatic carbocycles. The number of carbonyl (C=O) groups excluding carboxylic acids is 1. The molecule has 0 bridgehead atoms. The molecular weight excluding hydrogens is 366 g/mol. The molecule has 1 aliphatic heterocycles. The van der Waals surface area contributed by atoms with Gasteiger partial charge >= 0.3 is 0 Å². The lowest BCUT2D eigenvalue weighted by atomic mass is 10.3. The Labute approximate surface area is 130 Å². The van der Waals surface area contributed by atoms with Gasteiger partial charge in [-0.1, -0.05) is 0 Å². The van der Waals surface area contributed by atoms with Crippen molar-refractivity contribution in [1.29, 1.82) is 0 Å². The van der Waals surface area contributed by atoms with Gasteiger partial charge in [0.25, 0.3) is 10.0 Å². The van der Waals surface area contributed by atoms with E-state index in [4.69, 9.17) is 0 Å². The summed E-state index contributed by atoms with van der Waals surface area (Å²) < 4.78 is 27.4. The van der Waals surface area contributed by atoms with E-state index < -0.39 is 10.0 Å². The molecule has 1 aliphatic rings. The normalized spacial score (nSPS) is 18.1. The molecule has 2 rings (SSSR count). The van der Waals surface area contributed by atoms with Gasteiger partial charge in [-0.2, -0.15) is 4.31 Å². The molecule has 1 aromatic rings. The number of piperazine rings is 1. The van der Waals surface area contributed by atoms with E-state index in [0.29, 0.717) is 41.4 Å². The third kappa shape index (κ3) is 3.40. The van der Waals surface area contributed by atoms with Gasteiger partial charge in [0.15, 0.2) is 0 Å². The van der Waals surface area contributed by atoms with Crippen LogP contribution in [0, 0.1) is 0 Å². The van der Waals surface area contributed by atoms with Gasteiger partial charge in [0, 0.05) is 37.7 Å². The largest absolute Gasteiger partial charge is 0.358 e. The first-order chi connectivity index (χ1) is 9.45. The summed E-state index contributed by atoms with van der Waals surface area (Å²) in [5, 5.41) is 4.32. The minimum absolute atomic E-state index is 0.0534. The van der Waals surface area contributed by atoms with Crippen LogP contribution in [0.3, 0.4) is 0 Å². The highest BCUT2D eigenvalue weighted by Crippen LogP contribution is 2.30. The van der Waals surface area contributed by atoms with E-state index in [1.165, 1.54) is 15.6 Å². The molecule has 1 N–H and O–H groups in total. The Kier molecular flexibility index (Phi) is 5.19. The Hall–Kier alpha value is -0.480. The third-order valence-corrected chi connectivity index (χ3v) is 7.68. The van der Waals surface area contributed by atoms with Crippen molar-refractivity contribution in [1.82, 2.24) is 14.5 Å². The van der Waals surface area contributed by atoms with Crippen molar-refractivity contribution >= 4 is 43.2 Å². The highest BCUT2D eigenvalue weighted by molar-refractivity contribution is 9.10. The molecule has 0 spiro atoms. The number of rotatable bonds is 4. The van der Waals surface area contributed by atoms with Crippen LogP contribution >= 0.6 is 27.3 Å². The van der Waals surface area contributed by atoms with E-state index in [2.05, 4.69) is 21.2 Å².